The van der Waals surface area contributed by atoms with Gasteiger partial charge in [-0.25, -0.2) is 9.97 Å². The van der Waals surface area contributed by atoms with Crippen LogP contribution in [0.5, 0.6) is 5.75 Å². The van der Waals surface area contributed by atoms with Gasteiger partial charge in [0.2, 0.25) is 0 Å². The Morgan fingerprint density at radius 3 is 2.23 bits per heavy atom. The molecule has 212 valence electrons. The van der Waals surface area contributed by atoms with E-state index in [1.807, 2.05) is 38.4 Å². The van der Waals surface area contributed by atoms with E-state index in [1.54, 1.807) is 13.4 Å². The van der Waals surface area contributed by atoms with Crippen LogP contribution < -0.4 is 25.6 Å². The van der Waals surface area contributed by atoms with Gasteiger partial charge in [-0.1, -0.05) is 6.07 Å². The van der Waals surface area contributed by atoms with Gasteiger partial charge in [-0.05, 0) is 75.9 Å². The van der Waals surface area contributed by atoms with Gasteiger partial charge < -0.3 is 35.9 Å². The standard InChI is InChI=1S/C31H42N8O/c1-33-25-6-5-23(15-24(25)19-32)26-17-31(36-20-35-26)37-28-16-27(34-2)29(18-30(28)40-4)39-13-9-22(10-14-39)21-7-11-38(3)12-8-21/h5-6,15-22,32-34H,7-14H2,1-4H3,(H,35,36,37). The van der Waals surface area contributed by atoms with Crippen molar-refractivity contribution in [2.45, 2.75) is 25.7 Å². The first-order valence-corrected chi connectivity index (χ1v) is 14.3. The van der Waals surface area contributed by atoms with Crippen LogP contribution in [0.3, 0.4) is 0 Å². The zero-order chi connectivity index (χ0) is 28.1. The molecule has 5 rings (SSSR count). The molecule has 2 aliphatic heterocycles. The van der Waals surface area contributed by atoms with Crippen molar-refractivity contribution in [3.8, 4) is 17.0 Å². The summed E-state index contributed by atoms with van der Waals surface area (Å²) in [6.07, 6.45) is 8.08. The molecule has 4 N–H and O–H groups in total. The second kappa shape index (κ2) is 12.6. The smallest absolute Gasteiger partial charge is 0.144 e. The second-order valence-electron chi connectivity index (χ2n) is 10.9. The zero-order valence-electron chi connectivity index (χ0n) is 24.1. The normalized spacial score (nSPS) is 16.9. The minimum Gasteiger partial charge on any atom is -0.494 e. The summed E-state index contributed by atoms with van der Waals surface area (Å²) in [6, 6.07) is 12.1. The van der Waals surface area contributed by atoms with Crippen LogP contribution in [0.4, 0.5) is 28.6 Å². The number of nitrogens with one attached hydrogen (secondary N) is 4. The third-order valence-electron chi connectivity index (χ3n) is 8.60. The van der Waals surface area contributed by atoms with Crippen molar-refractivity contribution in [2.24, 2.45) is 11.8 Å². The lowest BCUT2D eigenvalue weighted by Crippen LogP contribution is -2.40. The van der Waals surface area contributed by atoms with E-state index in [1.165, 1.54) is 50.7 Å². The van der Waals surface area contributed by atoms with Gasteiger partial charge in [-0.2, -0.15) is 0 Å². The second-order valence-corrected chi connectivity index (χ2v) is 10.9. The van der Waals surface area contributed by atoms with Gasteiger partial charge in [0.05, 0.1) is 29.9 Å². The molecule has 0 amide bonds. The molecular weight excluding hydrogens is 500 g/mol. The summed E-state index contributed by atoms with van der Waals surface area (Å²) >= 11 is 0. The summed E-state index contributed by atoms with van der Waals surface area (Å²) in [5, 5.41) is 17.7. The molecule has 2 fully saturated rings. The highest BCUT2D eigenvalue weighted by Gasteiger charge is 2.29. The van der Waals surface area contributed by atoms with E-state index < -0.39 is 0 Å². The first kappa shape index (κ1) is 27.7. The average molecular weight is 543 g/mol. The number of likely N-dealkylation sites (tertiary alicyclic amines) is 1. The lowest BCUT2D eigenvalue weighted by molar-refractivity contribution is 0.154. The molecule has 40 heavy (non-hydrogen) atoms. The Balaban J connectivity index is 1.33. The summed E-state index contributed by atoms with van der Waals surface area (Å²) < 4.78 is 5.85. The number of rotatable bonds is 9. The Labute approximate surface area is 237 Å². The molecule has 0 aliphatic carbocycles. The van der Waals surface area contributed by atoms with Crippen LogP contribution in [0.1, 0.15) is 31.2 Å². The van der Waals surface area contributed by atoms with Crippen molar-refractivity contribution >= 4 is 34.8 Å². The number of benzene rings is 2. The summed E-state index contributed by atoms with van der Waals surface area (Å²) in [6.45, 7) is 4.62. The van der Waals surface area contributed by atoms with Gasteiger partial charge in [-0.15, -0.1) is 0 Å². The van der Waals surface area contributed by atoms with Crippen LogP contribution in [0.15, 0.2) is 42.7 Å². The zero-order valence-corrected chi connectivity index (χ0v) is 24.1. The number of nitrogens with zero attached hydrogens (tertiary/aromatic N) is 4. The maximum absolute atomic E-state index is 7.74. The van der Waals surface area contributed by atoms with E-state index in [0.717, 1.165) is 64.6 Å². The van der Waals surface area contributed by atoms with Gasteiger partial charge >= 0.3 is 0 Å². The molecule has 0 radical (unpaired) electrons. The quantitative estimate of drug-likeness (QED) is 0.262. The minimum absolute atomic E-state index is 0.672. The summed E-state index contributed by atoms with van der Waals surface area (Å²) in [5.74, 6) is 3.16. The monoisotopic (exact) mass is 542 g/mol. The lowest BCUT2D eigenvalue weighted by Gasteiger charge is -2.40. The highest BCUT2D eigenvalue weighted by atomic mass is 16.5. The number of anilines is 5. The maximum atomic E-state index is 7.74. The van der Waals surface area contributed by atoms with Crippen molar-refractivity contribution < 1.29 is 4.74 Å². The number of piperidine rings is 2. The Morgan fingerprint density at radius 1 is 0.875 bits per heavy atom. The van der Waals surface area contributed by atoms with E-state index >= 15 is 0 Å². The van der Waals surface area contributed by atoms with E-state index in [9.17, 15) is 0 Å². The van der Waals surface area contributed by atoms with E-state index in [2.05, 4.69) is 54.9 Å². The number of hydrogen-bond acceptors (Lipinski definition) is 9. The van der Waals surface area contributed by atoms with Crippen molar-refractivity contribution in [3.63, 3.8) is 0 Å². The molecule has 0 saturated carbocycles. The van der Waals surface area contributed by atoms with Crippen LogP contribution >= 0.6 is 0 Å². The van der Waals surface area contributed by atoms with Crippen LogP contribution in [-0.4, -0.2) is 75.5 Å². The van der Waals surface area contributed by atoms with E-state index in [-0.39, 0.29) is 0 Å². The highest BCUT2D eigenvalue weighted by Crippen LogP contribution is 2.41. The summed E-state index contributed by atoms with van der Waals surface area (Å²) in [7, 11) is 7.78. The number of ether oxygens (including phenoxy) is 1. The van der Waals surface area contributed by atoms with E-state index in [4.69, 9.17) is 10.1 Å². The highest BCUT2D eigenvalue weighted by molar-refractivity contribution is 5.88. The first-order chi connectivity index (χ1) is 19.5. The Morgan fingerprint density at radius 2 is 1.57 bits per heavy atom. The van der Waals surface area contributed by atoms with Gasteiger partial charge in [0.15, 0.2) is 0 Å². The van der Waals surface area contributed by atoms with E-state index in [0.29, 0.717) is 5.82 Å². The number of aromatic nitrogens is 2. The van der Waals surface area contributed by atoms with Gasteiger partial charge in [-0.3, -0.25) is 0 Å². The van der Waals surface area contributed by atoms with Crippen LogP contribution in [0, 0.1) is 17.2 Å². The fourth-order valence-corrected chi connectivity index (χ4v) is 6.20. The molecule has 3 aromatic rings. The van der Waals surface area contributed by atoms with Crippen molar-refractivity contribution in [1.82, 2.24) is 14.9 Å². The maximum Gasteiger partial charge on any atom is 0.144 e. The molecule has 2 aliphatic rings. The van der Waals surface area contributed by atoms with Gasteiger partial charge in [0.25, 0.3) is 0 Å². The first-order valence-electron chi connectivity index (χ1n) is 14.3. The van der Waals surface area contributed by atoms with Gasteiger partial charge in [0.1, 0.15) is 17.9 Å². The Kier molecular flexibility index (Phi) is 8.69. The predicted octanol–water partition coefficient (Wildman–Crippen LogP) is 5.54. The molecular formula is C31H42N8O. The molecule has 1 aromatic heterocycles. The number of methoxy groups -OCH3 is 1. The van der Waals surface area contributed by atoms with Crippen LogP contribution in [-0.2, 0) is 0 Å². The van der Waals surface area contributed by atoms with Gasteiger partial charge in [0, 0.05) is 62.3 Å². The Hall–Kier alpha value is -3.85. The Bertz CT molecular complexity index is 1310. The molecule has 0 bridgehead atoms. The summed E-state index contributed by atoms with van der Waals surface area (Å²) in [4.78, 5) is 13.9. The van der Waals surface area contributed by atoms with Crippen LogP contribution in [0.2, 0.25) is 0 Å². The predicted molar refractivity (Wildman–Crippen MR) is 166 cm³/mol. The molecule has 0 atom stereocenters. The minimum atomic E-state index is 0.672. The van der Waals surface area contributed by atoms with Crippen LogP contribution in [0.25, 0.3) is 11.3 Å². The molecule has 0 unspecified atom stereocenters. The fourth-order valence-electron chi connectivity index (χ4n) is 6.20. The average Bonchev–Trinajstić information content (AvgIpc) is 3.01. The summed E-state index contributed by atoms with van der Waals surface area (Å²) in [5.41, 5.74) is 6.49. The lowest BCUT2D eigenvalue weighted by atomic mass is 9.79. The number of hydrogen-bond donors (Lipinski definition) is 4. The molecule has 0 spiro atoms. The van der Waals surface area contributed by atoms with Crippen molar-refractivity contribution in [1.29, 1.82) is 5.41 Å². The third kappa shape index (κ3) is 5.99. The third-order valence-corrected chi connectivity index (χ3v) is 8.60. The molecule has 2 aromatic carbocycles. The topological polar surface area (TPSA) is 101 Å². The molecule has 2 saturated heterocycles. The SMILES string of the molecule is CNc1ccc(-c2cc(Nc3cc(NC)c(N4CCC(C5CCN(C)CC5)CC4)cc3OC)ncn2)cc1C=N. The van der Waals surface area contributed by atoms with Crippen molar-refractivity contribution in [2.75, 3.05) is 75.3 Å². The molecule has 3 heterocycles. The molecule has 9 nitrogen and oxygen atoms in total. The molecule has 9 heteroatoms. The largest absolute Gasteiger partial charge is 0.494 e. The van der Waals surface area contributed by atoms with Crippen molar-refractivity contribution in [3.05, 3.63) is 48.3 Å². The fraction of sp³-hybridized carbons (Fsp3) is 0.452.